The van der Waals surface area contributed by atoms with Crippen LogP contribution in [0.15, 0.2) is 0 Å². The van der Waals surface area contributed by atoms with Crippen LogP contribution in [0, 0.1) is 35.5 Å². The summed E-state index contributed by atoms with van der Waals surface area (Å²) in [5, 5.41) is 0. The highest BCUT2D eigenvalue weighted by atomic mass is 14.3. The summed E-state index contributed by atoms with van der Waals surface area (Å²) in [5.74, 6) is 6.36. The van der Waals surface area contributed by atoms with Crippen molar-refractivity contribution in [2.24, 2.45) is 35.5 Å². The number of hydrogen-bond acceptors (Lipinski definition) is 0. The zero-order valence-electron chi connectivity index (χ0n) is 22.2. The molecule has 3 rings (SSSR count). The molecule has 0 radical (unpaired) electrons. The highest BCUT2D eigenvalue weighted by Gasteiger charge is 2.19. The van der Waals surface area contributed by atoms with Crippen LogP contribution in [0.5, 0.6) is 0 Å². The Balaban J connectivity index is 0.000000230. The molecule has 0 heterocycles. The zero-order valence-corrected chi connectivity index (χ0v) is 22.2. The normalized spacial score (nSPS) is 34.2. The van der Waals surface area contributed by atoms with Crippen LogP contribution in [-0.2, 0) is 0 Å². The molecule has 3 saturated carbocycles. The maximum atomic E-state index is 2.37. The number of hydrogen-bond donors (Lipinski definition) is 0. The van der Waals surface area contributed by atoms with Crippen molar-refractivity contribution in [2.75, 3.05) is 0 Å². The second-order valence-corrected chi connectivity index (χ2v) is 11.5. The molecule has 0 saturated heterocycles. The highest BCUT2D eigenvalue weighted by Crippen LogP contribution is 2.34. The molecule has 0 aromatic carbocycles. The van der Waals surface area contributed by atoms with Crippen molar-refractivity contribution in [3.63, 3.8) is 0 Å². The predicted octanol–water partition coefficient (Wildman–Crippen LogP) is 10.8. The Morgan fingerprint density at radius 2 is 0.667 bits per heavy atom. The molecule has 3 fully saturated rings. The molecule has 0 spiro atoms. The zero-order chi connectivity index (χ0) is 22.2. The van der Waals surface area contributed by atoms with Gasteiger partial charge in [-0.1, -0.05) is 157 Å². The van der Waals surface area contributed by atoms with Crippen LogP contribution < -0.4 is 0 Å². The first-order chi connectivity index (χ1) is 14.5. The Morgan fingerprint density at radius 1 is 0.400 bits per heavy atom. The van der Waals surface area contributed by atoms with E-state index in [1.165, 1.54) is 116 Å². The lowest BCUT2D eigenvalue weighted by Crippen LogP contribution is -2.14. The Kier molecular flexibility index (Phi) is 16.4. The fourth-order valence-corrected chi connectivity index (χ4v) is 6.10. The van der Waals surface area contributed by atoms with Crippen LogP contribution in [0.25, 0.3) is 0 Å². The molecule has 0 aliphatic heterocycles. The van der Waals surface area contributed by atoms with Crippen molar-refractivity contribution >= 4 is 0 Å². The molecule has 0 amide bonds. The maximum Gasteiger partial charge on any atom is -0.0414 e. The van der Waals surface area contributed by atoms with Gasteiger partial charge < -0.3 is 0 Å². The van der Waals surface area contributed by atoms with Crippen LogP contribution >= 0.6 is 0 Å². The molecule has 3 aliphatic carbocycles. The second-order valence-electron chi connectivity index (χ2n) is 11.5. The van der Waals surface area contributed by atoms with E-state index in [2.05, 4.69) is 41.5 Å². The molecule has 180 valence electrons. The Bertz CT molecular complexity index is 312. The molecule has 0 aromatic heterocycles. The molecule has 0 heteroatoms. The van der Waals surface area contributed by atoms with Gasteiger partial charge in [0, 0.05) is 0 Å². The van der Waals surface area contributed by atoms with E-state index in [1.54, 1.807) is 0 Å². The van der Waals surface area contributed by atoms with E-state index in [1.807, 2.05) is 0 Å². The third-order valence-electron chi connectivity index (χ3n) is 8.79. The standard InChI is InChI=1S/C12H24.C10H20.C8H16/c1-3-5-11-7-9-12(6-4-2)10-8-11;1-3-9-5-7-10(4-2)8-6-9;1-7-3-5-8(2)6-4-7/h11-12H,3-10H2,1-2H3;9-10H,3-8H2,1-2H3;7-8H,3-6H2,1-2H3. The van der Waals surface area contributed by atoms with Crippen molar-refractivity contribution in [3.05, 3.63) is 0 Å². The van der Waals surface area contributed by atoms with Gasteiger partial charge in [0.25, 0.3) is 0 Å². The van der Waals surface area contributed by atoms with Gasteiger partial charge in [0.2, 0.25) is 0 Å². The van der Waals surface area contributed by atoms with E-state index in [4.69, 9.17) is 0 Å². The second kappa shape index (κ2) is 17.5. The first kappa shape index (κ1) is 28.0. The van der Waals surface area contributed by atoms with Gasteiger partial charge in [-0.25, -0.2) is 0 Å². The quantitative estimate of drug-likeness (QED) is 0.400. The van der Waals surface area contributed by atoms with Gasteiger partial charge in [-0.2, -0.15) is 0 Å². The van der Waals surface area contributed by atoms with Gasteiger partial charge in [-0.15, -0.1) is 0 Å². The van der Waals surface area contributed by atoms with Gasteiger partial charge in [-0.05, 0) is 35.5 Å². The molecule has 0 aromatic rings. The molecule has 0 N–H and O–H groups in total. The van der Waals surface area contributed by atoms with E-state index >= 15 is 0 Å². The third-order valence-corrected chi connectivity index (χ3v) is 8.79. The molecular formula is C30H60. The van der Waals surface area contributed by atoms with Gasteiger partial charge >= 0.3 is 0 Å². The van der Waals surface area contributed by atoms with E-state index < -0.39 is 0 Å². The fraction of sp³-hybridized carbons (Fsp3) is 1.00. The minimum Gasteiger partial charge on any atom is -0.0654 e. The van der Waals surface area contributed by atoms with Crippen LogP contribution in [0.4, 0.5) is 0 Å². The monoisotopic (exact) mass is 420 g/mol. The fourth-order valence-electron chi connectivity index (χ4n) is 6.10. The predicted molar refractivity (Wildman–Crippen MR) is 138 cm³/mol. The lowest BCUT2D eigenvalue weighted by molar-refractivity contribution is 0.251. The summed E-state index contributed by atoms with van der Waals surface area (Å²) in [7, 11) is 0. The number of rotatable bonds is 6. The highest BCUT2D eigenvalue weighted by molar-refractivity contribution is 4.72. The van der Waals surface area contributed by atoms with E-state index in [0.29, 0.717) is 0 Å². The summed E-state index contributed by atoms with van der Waals surface area (Å²) in [5.41, 5.74) is 0. The van der Waals surface area contributed by atoms with Gasteiger partial charge in [0.15, 0.2) is 0 Å². The van der Waals surface area contributed by atoms with Crippen LogP contribution in [0.3, 0.4) is 0 Å². The van der Waals surface area contributed by atoms with Crippen molar-refractivity contribution in [1.29, 1.82) is 0 Å². The summed E-state index contributed by atoms with van der Waals surface area (Å²) in [6.07, 6.45) is 26.6. The SMILES string of the molecule is CC1CCC(C)CC1.CCC1CCC(CC)CC1.CCCC1CCC(CCC)CC1. The van der Waals surface area contributed by atoms with Crippen molar-refractivity contribution in [3.8, 4) is 0 Å². The van der Waals surface area contributed by atoms with Gasteiger partial charge in [-0.3, -0.25) is 0 Å². The van der Waals surface area contributed by atoms with Gasteiger partial charge in [0.05, 0.1) is 0 Å². The average molecular weight is 421 g/mol. The lowest BCUT2D eigenvalue weighted by atomic mass is 9.78. The van der Waals surface area contributed by atoms with E-state index in [9.17, 15) is 0 Å². The molecule has 3 aliphatic rings. The maximum absolute atomic E-state index is 2.37. The molecule has 0 unspecified atom stereocenters. The molecule has 0 bridgehead atoms. The first-order valence-electron chi connectivity index (χ1n) is 14.5. The lowest BCUT2D eigenvalue weighted by Gasteiger charge is -2.27. The molecular weight excluding hydrogens is 360 g/mol. The largest absolute Gasteiger partial charge is 0.0654 e. The van der Waals surface area contributed by atoms with Crippen molar-refractivity contribution in [2.45, 2.75) is 157 Å². The first-order valence-corrected chi connectivity index (χ1v) is 14.5. The van der Waals surface area contributed by atoms with E-state index in [0.717, 1.165) is 35.5 Å². The minimum atomic E-state index is 1.02. The Hall–Kier alpha value is 0. The van der Waals surface area contributed by atoms with Gasteiger partial charge in [0.1, 0.15) is 0 Å². The van der Waals surface area contributed by atoms with Crippen LogP contribution in [0.2, 0.25) is 0 Å². The summed E-state index contributed by atoms with van der Waals surface area (Å²) >= 11 is 0. The Morgan fingerprint density at radius 3 is 0.900 bits per heavy atom. The van der Waals surface area contributed by atoms with Crippen LogP contribution in [-0.4, -0.2) is 0 Å². The average Bonchev–Trinajstić information content (AvgIpc) is 2.78. The summed E-state index contributed by atoms with van der Waals surface area (Å²) in [6.45, 7) is 14.0. The van der Waals surface area contributed by atoms with Crippen molar-refractivity contribution < 1.29 is 0 Å². The smallest absolute Gasteiger partial charge is 0.0414 e. The van der Waals surface area contributed by atoms with Crippen LogP contribution in [0.1, 0.15) is 157 Å². The summed E-state index contributed by atoms with van der Waals surface area (Å²) < 4.78 is 0. The molecule has 0 atom stereocenters. The summed E-state index contributed by atoms with van der Waals surface area (Å²) in [6, 6.07) is 0. The molecule has 0 nitrogen and oxygen atoms in total. The topological polar surface area (TPSA) is 0 Å². The van der Waals surface area contributed by atoms with E-state index in [-0.39, 0.29) is 0 Å². The Labute approximate surface area is 192 Å². The molecule has 30 heavy (non-hydrogen) atoms. The van der Waals surface area contributed by atoms with Crippen molar-refractivity contribution in [1.82, 2.24) is 0 Å². The minimum absolute atomic E-state index is 1.02. The third kappa shape index (κ3) is 12.8. The summed E-state index contributed by atoms with van der Waals surface area (Å²) in [4.78, 5) is 0.